The second-order valence-corrected chi connectivity index (χ2v) is 4.73. The number of aliphatic hydroxyl groups excluding tert-OH is 1. The molecule has 0 saturated carbocycles. The predicted molar refractivity (Wildman–Crippen MR) is 68.3 cm³/mol. The van der Waals surface area contributed by atoms with Gasteiger partial charge in [-0.05, 0) is 36.6 Å². The number of aliphatic hydroxyl groups is 1. The molecule has 0 spiro atoms. The molecule has 0 aromatic heterocycles. The van der Waals surface area contributed by atoms with Crippen molar-refractivity contribution in [3.63, 3.8) is 0 Å². The highest BCUT2D eigenvalue weighted by Gasteiger charge is 2.08. The van der Waals surface area contributed by atoms with Crippen molar-refractivity contribution in [2.45, 2.75) is 13.3 Å². The Hall–Kier alpha value is -0.540. The van der Waals surface area contributed by atoms with Gasteiger partial charge >= 0.3 is 0 Å². The fourth-order valence-corrected chi connectivity index (χ4v) is 1.77. The Balaban J connectivity index is 2.60. The quantitative estimate of drug-likeness (QED) is 0.890. The maximum absolute atomic E-state index is 9.13. The minimum atomic E-state index is 0.261. The molecule has 1 unspecified atom stereocenters. The lowest BCUT2D eigenvalue weighted by atomic mass is 10.1. The molecule has 0 amide bonds. The van der Waals surface area contributed by atoms with Crippen molar-refractivity contribution >= 4 is 21.6 Å². The molecular weight excluding hydrogens is 254 g/mol. The summed E-state index contributed by atoms with van der Waals surface area (Å²) in [6, 6.07) is 8.22. The molecule has 1 N–H and O–H groups in total. The molecule has 0 saturated heterocycles. The van der Waals surface area contributed by atoms with Crippen molar-refractivity contribution in [1.29, 1.82) is 0 Å². The highest BCUT2D eigenvalue weighted by atomic mass is 79.9. The molecule has 0 bridgehead atoms. The van der Waals surface area contributed by atoms with Crippen molar-refractivity contribution < 1.29 is 5.11 Å². The Bertz CT molecular complexity index is 282. The Morgan fingerprint density at radius 2 is 1.93 bits per heavy atom. The SMILES string of the molecule is CCC(CO)CN(C)c1ccc(Br)cc1. The third kappa shape index (κ3) is 3.84. The molecule has 84 valence electrons. The zero-order valence-electron chi connectivity index (χ0n) is 9.28. The molecule has 0 fully saturated rings. The van der Waals surface area contributed by atoms with E-state index in [1.165, 1.54) is 5.69 Å². The van der Waals surface area contributed by atoms with Crippen LogP contribution in [0.5, 0.6) is 0 Å². The van der Waals surface area contributed by atoms with Gasteiger partial charge < -0.3 is 10.0 Å². The summed E-state index contributed by atoms with van der Waals surface area (Å²) < 4.78 is 1.09. The lowest BCUT2D eigenvalue weighted by molar-refractivity contribution is 0.225. The average Bonchev–Trinajstić information content (AvgIpc) is 2.26. The van der Waals surface area contributed by atoms with E-state index in [0.717, 1.165) is 17.4 Å². The lowest BCUT2D eigenvalue weighted by Gasteiger charge is -2.23. The van der Waals surface area contributed by atoms with Gasteiger partial charge in [0, 0.05) is 30.4 Å². The first-order chi connectivity index (χ1) is 7.17. The van der Waals surface area contributed by atoms with Gasteiger partial charge in [0.25, 0.3) is 0 Å². The zero-order valence-corrected chi connectivity index (χ0v) is 10.9. The van der Waals surface area contributed by atoms with Gasteiger partial charge in [-0.25, -0.2) is 0 Å². The maximum Gasteiger partial charge on any atom is 0.0476 e. The van der Waals surface area contributed by atoms with Crippen LogP contribution in [0.1, 0.15) is 13.3 Å². The minimum Gasteiger partial charge on any atom is -0.396 e. The molecule has 15 heavy (non-hydrogen) atoms. The Labute approximate surface area is 100 Å². The molecule has 0 aliphatic heterocycles. The van der Waals surface area contributed by atoms with E-state index < -0.39 is 0 Å². The van der Waals surface area contributed by atoms with E-state index in [-0.39, 0.29) is 6.61 Å². The van der Waals surface area contributed by atoms with Crippen LogP contribution in [-0.2, 0) is 0 Å². The molecule has 1 rings (SSSR count). The largest absolute Gasteiger partial charge is 0.396 e. The van der Waals surface area contributed by atoms with Crippen LogP contribution < -0.4 is 4.90 Å². The average molecular weight is 272 g/mol. The van der Waals surface area contributed by atoms with Gasteiger partial charge in [0.2, 0.25) is 0 Å². The monoisotopic (exact) mass is 271 g/mol. The molecule has 1 atom stereocenters. The first kappa shape index (κ1) is 12.5. The number of hydrogen-bond acceptors (Lipinski definition) is 2. The molecule has 0 aliphatic carbocycles. The number of anilines is 1. The first-order valence-corrected chi connectivity index (χ1v) is 6.04. The number of nitrogens with zero attached hydrogens (tertiary/aromatic N) is 1. The van der Waals surface area contributed by atoms with Crippen LogP contribution >= 0.6 is 15.9 Å². The normalized spacial score (nSPS) is 12.5. The van der Waals surface area contributed by atoms with Gasteiger partial charge in [-0.3, -0.25) is 0 Å². The fraction of sp³-hybridized carbons (Fsp3) is 0.500. The zero-order chi connectivity index (χ0) is 11.3. The number of rotatable bonds is 5. The molecule has 0 heterocycles. The molecular formula is C12H18BrNO. The van der Waals surface area contributed by atoms with Crippen LogP contribution in [0.3, 0.4) is 0 Å². The van der Waals surface area contributed by atoms with Gasteiger partial charge in [-0.2, -0.15) is 0 Å². The summed E-state index contributed by atoms with van der Waals surface area (Å²) in [4.78, 5) is 2.18. The van der Waals surface area contributed by atoms with E-state index in [9.17, 15) is 0 Å². The fourth-order valence-electron chi connectivity index (χ4n) is 1.50. The predicted octanol–water partition coefficient (Wildman–Crippen LogP) is 2.90. The topological polar surface area (TPSA) is 23.5 Å². The van der Waals surface area contributed by atoms with Crippen molar-refractivity contribution in [3.05, 3.63) is 28.7 Å². The molecule has 1 aromatic rings. The van der Waals surface area contributed by atoms with Crippen LogP contribution in [0.15, 0.2) is 28.7 Å². The Morgan fingerprint density at radius 3 is 2.40 bits per heavy atom. The maximum atomic E-state index is 9.13. The van der Waals surface area contributed by atoms with Gasteiger partial charge in [-0.1, -0.05) is 22.9 Å². The summed E-state index contributed by atoms with van der Waals surface area (Å²) >= 11 is 3.41. The number of hydrogen-bond donors (Lipinski definition) is 1. The summed E-state index contributed by atoms with van der Waals surface area (Å²) in [5, 5.41) is 9.13. The lowest BCUT2D eigenvalue weighted by Crippen LogP contribution is -2.26. The minimum absolute atomic E-state index is 0.261. The second kappa shape index (κ2) is 6.13. The van der Waals surface area contributed by atoms with Crippen LogP contribution in [-0.4, -0.2) is 25.3 Å². The third-order valence-electron chi connectivity index (χ3n) is 2.64. The second-order valence-electron chi connectivity index (χ2n) is 3.81. The molecule has 2 nitrogen and oxygen atoms in total. The molecule has 3 heteroatoms. The van der Waals surface area contributed by atoms with Gasteiger partial charge in [0.05, 0.1) is 0 Å². The Kier molecular flexibility index (Phi) is 5.12. The van der Waals surface area contributed by atoms with Gasteiger partial charge in [0.1, 0.15) is 0 Å². The number of halogens is 1. The summed E-state index contributed by atoms with van der Waals surface area (Å²) in [7, 11) is 2.06. The van der Waals surface area contributed by atoms with Crippen LogP contribution in [0.2, 0.25) is 0 Å². The van der Waals surface area contributed by atoms with Crippen LogP contribution in [0.4, 0.5) is 5.69 Å². The van der Waals surface area contributed by atoms with E-state index >= 15 is 0 Å². The van der Waals surface area contributed by atoms with Crippen LogP contribution in [0.25, 0.3) is 0 Å². The molecule has 0 radical (unpaired) electrons. The van der Waals surface area contributed by atoms with E-state index in [1.54, 1.807) is 0 Å². The van der Waals surface area contributed by atoms with E-state index in [1.807, 2.05) is 12.1 Å². The first-order valence-electron chi connectivity index (χ1n) is 5.25. The summed E-state index contributed by atoms with van der Waals surface area (Å²) in [5.41, 5.74) is 1.19. The van der Waals surface area contributed by atoms with E-state index in [4.69, 9.17) is 5.11 Å². The summed E-state index contributed by atoms with van der Waals surface area (Å²) in [6.45, 7) is 3.27. The molecule has 1 aromatic carbocycles. The smallest absolute Gasteiger partial charge is 0.0476 e. The standard InChI is InChI=1S/C12H18BrNO/c1-3-10(9-15)8-14(2)12-6-4-11(13)5-7-12/h4-7,10,15H,3,8-9H2,1-2H3. The van der Waals surface area contributed by atoms with E-state index in [2.05, 4.69) is 46.9 Å². The van der Waals surface area contributed by atoms with Crippen molar-refractivity contribution in [1.82, 2.24) is 0 Å². The number of benzene rings is 1. The highest BCUT2D eigenvalue weighted by molar-refractivity contribution is 9.10. The van der Waals surface area contributed by atoms with Gasteiger partial charge in [-0.15, -0.1) is 0 Å². The van der Waals surface area contributed by atoms with Gasteiger partial charge in [0.15, 0.2) is 0 Å². The molecule has 0 aliphatic rings. The summed E-state index contributed by atoms with van der Waals surface area (Å²) in [5.74, 6) is 0.360. The third-order valence-corrected chi connectivity index (χ3v) is 3.16. The van der Waals surface area contributed by atoms with Crippen molar-refractivity contribution in [2.75, 3.05) is 25.1 Å². The van der Waals surface area contributed by atoms with Crippen molar-refractivity contribution in [2.24, 2.45) is 5.92 Å². The highest BCUT2D eigenvalue weighted by Crippen LogP contribution is 2.18. The Morgan fingerprint density at radius 1 is 1.33 bits per heavy atom. The summed E-state index contributed by atoms with van der Waals surface area (Å²) in [6.07, 6.45) is 1.01. The van der Waals surface area contributed by atoms with Crippen molar-refractivity contribution in [3.8, 4) is 0 Å². The van der Waals surface area contributed by atoms with Crippen LogP contribution in [0, 0.1) is 5.92 Å². The van der Waals surface area contributed by atoms with E-state index in [0.29, 0.717) is 5.92 Å².